The van der Waals surface area contributed by atoms with Gasteiger partial charge in [-0.05, 0) is 30.5 Å². The van der Waals surface area contributed by atoms with E-state index in [0.717, 1.165) is 18.4 Å². The number of carboxylic acids is 1. The summed E-state index contributed by atoms with van der Waals surface area (Å²) < 4.78 is 7.31. The van der Waals surface area contributed by atoms with Crippen LogP contribution in [0.15, 0.2) is 48.7 Å². The Balaban J connectivity index is 1.46. The van der Waals surface area contributed by atoms with Crippen molar-refractivity contribution in [3.8, 4) is 0 Å². The minimum Gasteiger partial charge on any atom is -0.477 e. The number of aromatic nitrogens is 1. The summed E-state index contributed by atoms with van der Waals surface area (Å²) in [4.78, 5) is 25.3. The third-order valence-corrected chi connectivity index (χ3v) is 4.55. The molecule has 1 fully saturated rings. The molecular weight excluding hydrogens is 320 g/mol. The predicted molar refractivity (Wildman–Crippen MR) is 92.3 cm³/mol. The lowest BCUT2D eigenvalue weighted by Crippen LogP contribution is -2.41. The lowest BCUT2D eigenvalue weighted by molar-refractivity contribution is -0.137. The van der Waals surface area contributed by atoms with E-state index in [1.54, 1.807) is 27.8 Å². The maximum atomic E-state index is 12.3. The van der Waals surface area contributed by atoms with Crippen LogP contribution in [0, 0.1) is 0 Å². The van der Waals surface area contributed by atoms with Gasteiger partial charge < -0.3 is 19.3 Å². The maximum absolute atomic E-state index is 12.3. The van der Waals surface area contributed by atoms with Crippen LogP contribution in [0.3, 0.4) is 0 Å². The minimum absolute atomic E-state index is 0.0136. The van der Waals surface area contributed by atoms with Gasteiger partial charge in [-0.15, -0.1) is 0 Å². The van der Waals surface area contributed by atoms with E-state index >= 15 is 0 Å². The van der Waals surface area contributed by atoms with Gasteiger partial charge in [0.15, 0.2) is 0 Å². The van der Waals surface area contributed by atoms with Gasteiger partial charge in [0.25, 0.3) is 0 Å². The van der Waals surface area contributed by atoms with E-state index in [2.05, 4.69) is 0 Å². The first kappa shape index (κ1) is 17.2. The van der Waals surface area contributed by atoms with E-state index < -0.39 is 5.97 Å². The molecule has 1 aliphatic rings. The van der Waals surface area contributed by atoms with Crippen molar-refractivity contribution < 1.29 is 19.4 Å². The molecule has 6 nitrogen and oxygen atoms in total. The molecule has 2 heterocycles. The number of nitrogens with zero attached hydrogens (tertiary/aromatic N) is 2. The molecule has 132 valence electrons. The van der Waals surface area contributed by atoms with Crippen LogP contribution in [-0.2, 0) is 16.1 Å². The van der Waals surface area contributed by atoms with Gasteiger partial charge in [-0.1, -0.05) is 30.3 Å². The fourth-order valence-electron chi connectivity index (χ4n) is 3.21. The number of amides is 1. The van der Waals surface area contributed by atoms with Crippen molar-refractivity contribution in [2.24, 2.45) is 0 Å². The van der Waals surface area contributed by atoms with Crippen molar-refractivity contribution in [1.29, 1.82) is 0 Å². The van der Waals surface area contributed by atoms with Crippen molar-refractivity contribution in [3.63, 3.8) is 0 Å². The molecule has 1 aromatic heterocycles. The van der Waals surface area contributed by atoms with Crippen molar-refractivity contribution in [1.82, 2.24) is 9.47 Å². The van der Waals surface area contributed by atoms with Gasteiger partial charge in [-0.3, -0.25) is 4.79 Å². The molecule has 25 heavy (non-hydrogen) atoms. The number of benzene rings is 1. The second-order valence-corrected chi connectivity index (χ2v) is 6.20. The normalized spacial score (nSPS) is 15.3. The number of carboxylic acid groups (broad SMARTS) is 1. The molecule has 1 N–H and O–H groups in total. The molecule has 0 atom stereocenters. The summed E-state index contributed by atoms with van der Waals surface area (Å²) in [5.74, 6) is -0.932. The van der Waals surface area contributed by atoms with Gasteiger partial charge in [0.2, 0.25) is 5.91 Å². The monoisotopic (exact) mass is 342 g/mol. The molecule has 1 amide bonds. The number of carbonyl (C=O) groups excluding carboxylic acids is 1. The zero-order valence-electron chi connectivity index (χ0n) is 14.0. The SMILES string of the molecule is O=C(O)c1cccn1C1CCN(C(=O)COCc2ccccc2)CC1. The summed E-state index contributed by atoms with van der Waals surface area (Å²) in [5, 5.41) is 9.21. The highest BCUT2D eigenvalue weighted by Crippen LogP contribution is 2.24. The first-order chi connectivity index (χ1) is 12.1. The van der Waals surface area contributed by atoms with Gasteiger partial charge in [-0.25, -0.2) is 4.79 Å². The van der Waals surface area contributed by atoms with Crippen LogP contribution in [-0.4, -0.2) is 46.1 Å². The number of ether oxygens (including phenoxy) is 1. The Morgan fingerprint density at radius 3 is 2.48 bits per heavy atom. The fraction of sp³-hybridized carbons (Fsp3) is 0.368. The third kappa shape index (κ3) is 4.28. The average molecular weight is 342 g/mol. The van der Waals surface area contributed by atoms with E-state index in [4.69, 9.17) is 4.74 Å². The first-order valence-corrected chi connectivity index (χ1v) is 8.44. The Bertz CT molecular complexity index is 718. The minimum atomic E-state index is -0.919. The summed E-state index contributed by atoms with van der Waals surface area (Å²) in [6, 6.07) is 13.2. The van der Waals surface area contributed by atoms with Crippen molar-refractivity contribution in [3.05, 3.63) is 59.9 Å². The highest BCUT2D eigenvalue weighted by atomic mass is 16.5. The zero-order chi connectivity index (χ0) is 17.6. The van der Waals surface area contributed by atoms with Crippen LogP contribution < -0.4 is 0 Å². The number of carbonyl (C=O) groups is 2. The fourth-order valence-corrected chi connectivity index (χ4v) is 3.21. The zero-order valence-corrected chi connectivity index (χ0v) is 14.0. The molecule has 1 saturated heterocycles. The van der Waals surface area contributed by atoms with E-state index in [-0.39, 0.29) is 18.6 Å². The molecule has 1 aliphatic heterocycles. The molecular formula is C19H22N2O4. The number of piperidine rings is 1. The van der Waals surface area contributed by atoms with Crippen molar-refractivity contribution >= 4 is 11.9 Å². The first-order valence-electron chi connectivity index (χ1n) is 8.44. The lowest BCUT2D eigenvalue weighted by Gasteiger charge is -2.33. The van der Waals surface area contributed by atoms with Gasteiger partial charge in [0.1, 0.15) is 12.3 Å². The molecule has 0 aliphatic carbocycles. The second-order valence-electron chi connectivity index (χ2n) is 6.20. The van der Waals surface area contributed by atoms with Crippen LogP contribution in [0.25, 0.3) is 0 Å². The standard InChI is InChI=1S/C19H22N2O4/c22-18(14-25-13-15-5-2-1-3-6-15)20-11-8-16(9-12-20)21-10-4-7-17(21)19(23)24/h1-7,10,16H,8-9,11-14H2,(H,23,24). The molecule has 6 heteroatoms. The Morgan fingerprint density at radius 1 is 1.08 bits per heavy atom. The van der Waals surface area contributed by atoms with E-state index in [1.165, 1.54) is 0 Å². The number of hydrogen-bond acceptors (Lipinski definition) is 3. The molecule has 0 bridgehead atoms. The van der Waals surface area contributed by atoms with Gasteiger partial charge in [-0.2, -0.15) is 0 Å². The number of hydrogen-bond donors (Lipinski definition) is 1. The quantitative estimate of drug-likeness (QED) is 0.876. The Labute approximate surface area is 146 Å². The van der Waals surface area contributed by atoms with E-state index in [9.17, 15) is 14.7 Å². The highest BCUT2D eigenvalue weighted by molar-refractivity contribution is 5.85. The smallest absolute Gasteiger partial charge is 0.352 e. The topological polar surface area (TPSA) is 71.8 Å². The molecule has 0 spiro atoms. The van der Waals surface area contributed by atoms with E-state index in [1.807, 2.05) is 30.3 Å². The summed E-state index contributed by atoms with van der Waals surface area (Å²) in [7, 11) is 0. The number of likely N-dealkylation sites (tertiary alicyclic amines) is 1. The second kappa shape index (κ2) is 7.98. The predicted octanol–water partition coefficient (Wildman–Crippen LogP) is 2.57. The average Bonchev–Trinajstić information content (AvgIpc) is 3.13. The van der Waals surface area contributed by atoms with Crippen molar-refractivity contribution in [2.75, 3.05) is 19.7 Å². The van der Waals surface area contributed by atoms with Crippen LogP contribution in [0.5, 0.6) is 0 Å². The van der Waals surface area contributed by atoms with Crippen molar-refractivity contribution in [2.45, 2.75) is 25.5 Å². The van der Waals surface area contributed by atoms with Gasteiger partial charge in [0.05, 0.1) is 6.61 Å². The number of aromatic carboxylic acids is 1. The van der Waals surface area contributed by atoms with Gasteiger partial charge in [0, 0.05) is 25.3 Å². The Morgan fingerprint density at radius 2 is 1.80 bits per heavy atom. The summed E-state index contributed by atoms with van der Waals surface area (Å²) in [5.41, 5.74) is 1.35. The van der Waals surface area contributed by atoms with Gasteiger partial charge >= 0.3 is 5.97 Å². The van der Waals surface area contributed by atoms with Crippen LogP contribution >= 0.6 is 0 Å². The van der Waals surface area contributed by atoms with Crippen LogP contribution in [0.2, 0.25) is 0 Å². The Kier molecular flexibility index (Phi) is 5.50. The summed E-state index contributed by atoms with van der Waals surface area (Å²) in [6.45, 7) is 1.74. The van der Waals surface area contributed by atoms with Crippen LogP contribution in [0.4, 0.5) is 0 Å². The summed E-state index contributed by atoms with van der Waals surface area (Å²) >= 11 is 0. The molecule has 3 rings (SSSR count). The lowest BCUT2D eigenvalue weighted by atomic mass is 10.0. The largest absolute Gasteiger partial charge is 0.477 e. The van der Waals surface area contributed by atoms with Crippen LogP contribution in [0.1, 0.15) is 34.9 Å². The maximum Gasteiger partial charge on any atom is 0.352 e. The Hall–Kier alpha value is -2.60. The molecule has 0 unspecified atom stereocenters. The molecule has 0 saturated carbocycles. The van der Waals surface area contributed by atoms with E-state index in [0.29, 0.717) is 25.4 Å². The molecule has 0 radical (unpaired) electrons. The highest BCUT2D eigenvalue weighted by Gasteiger charge is 2.25. The third-order valence-electron chi connectivity index (χ3n) is 4.55. The molecule has 1 aromatic carbocycles. The molecule has 2 aromatic rings. The summed E-state index contributed by atoms with van der Waals surface area (Å²) in [6.07, 6.45) is 3.30. The number of rotatable bonds is 6.